The van der Waals surface area contributed by atoms with Crippen molar-refractivity contribution in [3.05, 3.63) is 28.2 Å². The van der Waals surface area contributed by atoms with E-state index in [9.17, 15) is 0 Å². The van der Waals surface area contributed by atoms with Gasteiger partial charge >= 0.3 is 0 Å². The maximum atomic E-state index is 3.70. The molecule has 3 heteroatoms. The lowest BCUT2D eigenvalue weighted by atomic mass is 10.1. The molecule has 2 aliphatic rings. The second-order valence-electron chi connectivity index (χ2n) is 4.66. The van der Waals surface area contributed by atoms with E-state index in [1.807, 2.05) is 11.8 Å². The van der Waals surface area contributed by atoms with Crippen molar-refractivity contribution in [2.75, 3.05) is 6.54 Å². The maximum Gasteiger partial charge on any atom is 0.0321 e. The Kier molecular flexibility index (Phi) is 3.27. The van der Waals surface area contributed by atoms with E-state index < -0.39 is 0 Å². The zero-order valence-corrected chi connectivity index (χ0v) is 11.6. The molecular formula is C13H16BrNS. The monoisotopic (exact) mass is 297 g/mol. The van der Waals surface area contributed by atoms with Crippen LogP contribution < -0.4 is 5.32 Å². The van der Waals surface area contributed by atoms with Gasteiger partial charge in [0.25, 0.3) is 0 Å². The molecule has 16 heavy (non-hydrogen) atoms. The zero-order valence-electron chi connectivity index (χ0n) is 9.21. The first-order valence-electron chi connectivity index (χ1n) is 6.02. The van der Waals surface area contributed by atoms with Gasteiger partial charge in [-0.1, -0.05) is 6.07 Å². The van der Waals surface area contributed by atoms with Crippen LogP contribution in [0.2, 0.25) is 0 Å². The Hall–Kier alpha value is 0.01000. The van der Waals surface area contributed by atoms with Gasteiger partial charge in [-0.3, -0.25) is 0 Å². The van der Waals surface area contributed by atoms with Gasteiger partial charge in [0.2, 0.25) is 0 Å². The van der Waals surface area contributed by atoms with Crippen molar-refractivity contribution in [3.8, 4) is 0 Å². The molecule has 1 heterocycles. The first-order chi connectivity index (χ1) is 7.83. The molecule has 1 atom stereocenters. The van der Waals surface area contributed by atoms with Crippen molar-refractivity contribution >= 4 is 27.7 Å². The van der Waals surface area contributed by atoms with Gasteiger partial charge in [-0.2, -0.15) is 0 Å². The fraction of sp³-hybridized carbons (Fsp3) is 0.538. The van der Waals surface area contributed by atoms with Gasteiger partial charge < -0.3 is 5.32 Å². The van der Waals surface area contributed by atoms with E-state index in [1.165, 1.54) is 47.2 Å². The molecule has 1 aliphatic carbocycles. The highest BCUT2D eigenvalue weighted by Crippen LogP contribution is 2.42. The van der Waals surface area contributed by atoms with Crippen LogP contribution in [0.4, 0.5) is 0 Å². The predicted octanol–water partition coefficient (Wildman–Crippen LogP) is 4.13. The Morgan fingerprint density at radius 1 is 1.25 bits per heavy atom. The van der Waals surface area contributed by atoms with Crippen LogP contribution in [0, 0.1) is 0 Å². The Morgan fingerprint density at radius 3 is 2.75 bits per heavy atom. The molecule has 0 aromatic heterocycles. The summed E-state index contributed by atoms with van der Waals surface area (Å²) in [6.45, 7) is 1.17. The van der Waals surface area contributed by atoms with E-state index in [4.69, 9.17) is 0 Å². The van der Waals surface area contributed by atoms with Crippen molar-refractivity contribution < 1.29 is 0 Å². The van der Waals surface area contributed by atoms with Crippen LogP contribution in [0.1, 0.15) is 37.3 Å². The summed E-state index contributed by atoms with van der Waals surface area (Å²) >= 11 is 5.72. The Labute approximate surface area is 110 Å². The highest BCUT2D eigenvalue weighted by atomic mass is 79.9. The van der Waals surface area contributed by atoms with Crippen molar-refractivity contribution in [2.24, 2.45) is 0 Å². The molecule has 0 bridgehead atoms. The molecule has 1 saturated carbocycles. The topological polar surface area (TPSA) is 12.0 Å². The molecule has 1 aromatic rings. The first-order valence-corrected chi connectivity index (χ1v) is 7.70. The maximum absolute atomic E-state index is 3.70. The fourth-order valence-corrected chi connectivity index (χ4v) is 3.89. The number of rotatable bonds is 3. The number of benzene rings is 1. The normalized spacial score (nSPS) is 24.9. The Balaban J connectivity index is 1.77. The number of hydrogen-bond donors (Lipinski definition) is 1. The third kappa shape index (κ3) is 2.47. The van der Waals surface area contributed by atoms with Gasteiger partial charge in [-0.25, -0.2) is 0 Å². The second-order valence-corrected chi connectivity index (χ2v) is 6.85. The van der Waals surface area contributed by atoms with E-state index in [-0.39, 0.29) is 0 Å². The summed E-state index contributed by atoms with van der Waals surface area (Å²) in [6, 6.07) is 7.45. The largest absolute Gasteiger partial charge is 0.310 e. The van der Waals surface area contributed by atoms with Gasteiger partial charge in [0, 0.05) is 20.7 Å². The molecule has 3 rings (SSSR count). The summed E-state index contributed by atoms with van der Waals surface area (Å²) in [6.07, 6.45) is 5.37. The molecule has 1 unspecified atom stereocenters. The van der Waals surface area contributed by atoms with Crippen molar-refractivity contribution in [3.63, 3.8) is 0 Å². The van der Waals surface area contributed by atoms with Crippen molar-refractivity contribution in [1.82, 2.24) is 5.32 Å². The SMILES string of the molecule is Brc1cc(C2CCCN2)ccc1SC1CC1. The first kappa shape index (κ1) is 11.1. The Morgan fingerprint density at radius 2 is 2.12 bits per heavy atom. The summed E-state index contributed by atoms with van der Waals surface area (Å²) in [5.74, 6) is 0. The van der Waals surface area contributed by atoms with Crippen LogP contribution in [-0.2, 0) is 0 Å². The summed E-state index contributed by atoms with van der Waals surface area (Å²) in [4.78, 5) is 1.41. The van der Waals surface area contributed by atoms with Gasteiger partial charge in [0.05, 0.1) is 0 Å². The van der Waals surface area contributed by atoms with Crippen LogP contribution in [0.5, 0.6) is 0 Å². The van der Waals surface area contributed by atoms with E-state index >= 15 is 0 Å². The van der Waals surface area contributed by atoms with Gasteiger partial charge in [-0.15, -0.1) is 11.8 Å². The summed E-state index contributed by atoms with van der Waals surface area (Å²) in [5.41, 5.74) is 1.43. The molecule has 1 aromatic carbocycles. The number of nitrogens with one attached hydrogen (secondary N) is 1. The molecule has 1 N–H and O–H groups in total. The van der Waals surface area contributed by atoms with Crippen LogP contribution >= 0.6 is 27.7 Å². The molecule has 1 saturated heterocycles. The van der Waals surface area contributed by atoms with Crippen LogP contribution in [0.15, 0.2) is 27.6 Å². The van der Waals surface area contributed by atoms with Gasteiger partial charge in [0.1, 0.15) is 0 Å². The highest BCUT2D eigenvalue weighted by molar-refractivity contribution is 9.10. The number of hydrogen-bond acceptors (Lipinski definition) is 2. The van der Waals surface area contributed by atoms with Crippen molar-refractivity contribution in [1.29, 1.82) is 0 Å². The lowest BCUT2D eigenvalue weighted by Crippen LogP contribution is -2.12. The standard InChI is InChI=1S/C13H16BrNS/c14-11-8-9(12-2-1-7-15-12)3-6-13(11)16-10-4-5-10/h3,6,8,10,12,15H,1-2,4-5,7H2. The molecule has 1 nitrogen and oxygen atoms in total. The zero-order chi connectivity index (χ0) is 11.0. The lowest BCUT2D eigenvalue weighted by Gasteiger charge is -2.12. The van der Waals surface area contributed by atoms with E-state index in [0.29, 0.717) is 6.04 Å². The second kappa shape index (κ2) is 4.71. The van der Waals surface area contributed by atoms with Gasteiger partial charge in [0.15, 0.2) is 0 Å². The van der Waals surface area contributed by atoms with E-state index in [2.05, 4.69) is 39.4 Å². The average molecular weight is 298 g/mol. The highest BCUT2D eigenvalue weighted by Gasteiger charge is 2.24. The lowest BCUT2D eigenvalue weighted by molar-refractivity contribution is 0.647. The van der Waals surface area contributed by atoms with Crippen molar-refractivity contribution in [2.45, 2.75) is 41.9 Å². The summed E-state index contributed by atoms with van der Waals surface area (Å²) in [7, 11) is 0. The minimum Gasteiger partial charge on any atom is -0.310 e. The predicted molar refractivity (Wildman–Crippen MR) is 73.0 cm³/mol. The Bertz CT molecular complexity index is 384. The third-order valence-corrected chi connectivity index (χ3v) is 5.57. The van der Waals surface area contributed by atoms with Crippen LogP contribution in [0.3, 0.4) is 0 Å². The minimum absolute atomic E-state index is 0.580. The summed E-state index contributed by atoms with van der Waals surface area (Å²) in [5, 5.41) is 4.43. The molecule has 1 aliphatic heterocycles. The van der Waals surface area contributed by atoms with Crippen LogP contribution in [0.25, 0.3) is 0 Å². The number of halogens is 1. The summed E-state index contributed by atoms with van der Waals surface area (Å²) < 4.78 is 1.27. The smallest absolute Gasteiger partial charge is 0.0321 e. The molecule has 86 valence electrons. The molecular weight excluding hydrogens is 282 g/mol. The molecule has 0 spiro atoms. The fourth-order valence-electron chi connectivity index (χ4n) is 2.16. The third-order valence-electron chi connectivity index (χ3n) is 3.24. The average Bonchev–Trinajstić information content (AvgIpc) is 2.94. The van der Waals surface area contributed by atoms with E-state index in [0.717, 1.165) is 5.25 Å². The molecule has 2 fully saturated rings. The minimum atomic E-state index is 0.580. The van der Waals surface area contributed by atoms with Gasteiger partial charge in [-0.05, 0) is 65.9 Å². The van der Waals surface area contributed by atoms with E-state index in [1.54, 1.807) is 0 Å². The quantitative estimate of drug-likeness (QED) is 0.900. The van der Waals surface area contributed by atoms with Crippen LogP contribution in [-0.4, -0.2) is 11.8 Å². The molecule has 0 amide bonds. The molecule has 0 radical (unpaired) electrons. The number of thioether (sulfide) groups is 1.